The first-order valence-electron chi connectivity index (χ1n) is 4.54. The largest absolute Gasteiger partial charge is 0.396 e. The molecule has 0 aromatic heterocycles. The molecule has 0 aliphatic heterocycles. The first kappa shape index (κ1) is 11.1. The smallest absolute Gasteiger partial charge is 0.100 e. The number of aliphatic hydroxyl groups excluding tert-OH is 1. The zero-order valence-electron chi connectivity index (χ0n) is 8.10. The van der Waals surface area contributed by atoms with Crippen molar-refractivity contribution in [2.45, 2.75) is 23.5 Å². The standard InChI is InChI=1S/C11H13NOS/c1-9(6-7-13)14-11-5-3-2-4-10(11)8-12/h2-5,9,13H,6-7H2,1H3. The maximum absolute atomic E-state index is 8.85. The average Bonchev–Trinajstić information content (AvgIpc) is 2.19. The second-order valence-electron chi connectivity index (χ2n) is 3.05. The van der Waals surface area contributed by atoms with Crippen LogP contribution in [0.1, 0.15) is 18.9 Å². The Hall–Kier alpha value is -0.980. The molecule has 0 spiro atoms. The van der Waals surface area contributed by atoms with Crippen LogP contribution in [0.25, 0.3) is 0 Å². The lowest BCUT2D eigenvalue weighted by molar-refractivity contribution is 0.289. The minimum atomic E-state index is 0.197. The van der Waals surface area contributed by atoms with Crippen LogP contribution in [0.5, 0.6) is 0 Å². The lowest BCUT2D eigenvalue weighted by Gasteiger charge is -2.09. The van der Waals surface area contributed by atoms with Crippen LogP contribution in [0.15, 0.2) is 29.2 Å². The summed E-state index contributed by atoms with van der Waals surface area (Å²) in [6, 6.07) is 9.70. The van der Waals surface area contributed by atoms with Crippen LogP contribution >= 0.6 is 11.8 Å². The van der Waals surface area contributed by atoms with Gasteiger partial charge in [0.2, 0.25) is 0 Å². The molecule has 1 N–H and O–H groups in total. The van der Waals surface area contributed by atoms with Gasteiger partial charge < -0.3 is 5.11 Å². The Labute approximate surface area is 88.6 Å². The zero-order chi connectivity index (χ0) is 10.4. The quantitative estimate of drug-likeness (QED) is 0.771. The van der Waals surface area contributed by atoms with E-state index in [0.717, 1.165) is 11.3 Å². The van der Waals surface area contributed by atoms with Gasteiger partial charge in [-0.3, -0.25) is 0 Å². The van der Waals surface area contributed by atoms with Crippen molar-refractivity contribution in [3.05, 3.63) is 29.8 Å². The molecule has 0 amide bonds. The normalized spacial score (nSPS) is 12.1. The molecule has 74 valence electrons. The fourth-order valence-electron chi connectivity index (χ4n) is 1.12. The van der Waals surface area contributed by atoms with Gasteiger partial charge in [-0.05, 0) is 18.6 Å². The molecule has 1 aromatic carbocycles. The first-order chi connectivity index (χ1) is 6.77. The van der Waals surface area contributed by atoms with E-state index in [1.807, 2.05) is 24.3 Å². The topological polar surface area (TPSA) is 44.0 Å². The summed E-state index contributed by atoms with van der Waals surface area (Å²) in [5.74, 6) is 0. The van der Waals surface area contributed by atoms with E-state index in [9.17, 15) is 0 Å². The van der Waals surface area contributed by atoms with Crippen molar-refractivity contribution in [1.29, 1.82) is 5.26 Å². The van der Waals surface area contributed by atoms with E-state index in [2.05, 4.69) is 13.0 Å². The summed E-state index contributed by atoms with van der Waals surface area (Å²) in [5.41, 5.74) is 0.710. The monoisotopic (exact) mass is 207 g/mol. The van der Waals surface area contributed by atoms with Gasteiger partial charge in [0.1, 0.15) is 6.07 Å². The van der Waals surface area contributed by atoms with E-state index < -0.39 is 0 Å². The number of aliphatic hydroxyl groups is 1. The zero-order valence-corrected chi connectivity index (χ0v) is 8.92. The third-order valence-electron chi connectivity index (χ3n) is 1.87. The molecule has 0 saturated carbocycles. The number of nitrogens with zero attached hydrogens (tertiary/aromatic N) is 1. The Morgan fingerprint density at radius 3 is 2.86 bits per heavy atom. The highest BCUT2D eigenvalue weighted by atomic mass is 32.2. The molecular weight excluding hydrogens is 194 g/mol. The fraction of sp³-hybridized carbons (Fsp3) is 0.364. The van der Waals surface area contributed by atoms with Crippen molar-refractivity contribution in [3.8, 4) is 6.07 Å². The van der Waals surface area contributed by atoms with Gasteiger partial charge in [0.25, 0.3) is 0 Å². The molecule has 1 unspecified atom stereocenters. The van der Waals surface area contributed by atoms with Gasteiger partial charge in [0, 0.05) is 16.8 Å². The van der Waals surface area contributed by atoms with Gasteiger partial charge in [0.15, 0.2) is 0 Å². The van der Waals surface area contributed by atoms with Gasteiger partial charge >= 0.3 is 0 Å². The first-order valence-corrected chi connectivity index (χ1v) is 5.42. The summed E-state index contributed by atoms with van der Waals surface area (Å²) in [4.78, 5) is 0.996. The van der Waals surface area contributed by atoms with Crippen molar-refractivity contribution >= 4 is 11.8 Å². The fourth-order valence-corrected chi connectivity index (χ4v) is 2.17. The second kappa shape index (κ2) is 5.69. The van der Waals surface area contributed by atoms with Gasteiger partial charge in [-0.2, -0.15) is 5.26 Å². The van der Waals surface area contributed by atoms with Crippen molar-refractivity contribution in [3.63, 3.8) is 0 Å². The van der Waals surface area contributed by atoms with E-state index in [1.54, 1.807) is 11.8 Å². The number of benzene rings is 1. The summed E-state index contributed by atoms with van der Waals surface area (Å²) in [7, 11) is 0. The van der Waals surface area contributed by atoms with Crippen LogP contribution in [-0.2, 0) is 0 Å². The SMILES string of the molecule is CC(CCO)Sc1ccccc1C#N. The van der Waals surface area contributed by atoms with E-state index in [4.69, 9.17) is 10.4 Å². The molecule has 1 aromatic rings. The maximum Gasteiger partial charge on any atom is 0.100 e. The van der Waals surface area contributed by atoms with Crippen molar-refractivity contribution in [1.82, 2.24) is 0 Å². The molecule has 0 heterocycles. The Balaban J connectivity index is 2.71. The molecule has 0 bridgehead atoms. The van der Waals surface area contributed by atoms with Gasteiger partial charge in [-0.15, -0.1) is 11.8 Å². The van der Waals surface area contributed by atoms with Crippen LogP contribution in [0.3, 0.4) is 0 Å². The van der Waals surface area contributed by atoms with Crippen molar-refractivity contribution in [2.75, 3.05) is 6.61 Å². The van der Waals surface area contributed by atoms with Crippen LogP contribution in [0.2, 0.25) is 0 Å². The summed E-state index contributed by atoms with van der Waals surface area (Å²) in [6.07, 6.45) is 0.754. The summed E-state index contributed by atoms with van der Waals surface area (Å²) in [5, 5.41) is 18.0. The van der Waals surface area contributed by atoms with Gasteiger partial charge in [-0.25, -0.2) is 0 Å². The van der Waals surface area contributed by atoms with E-state index in [0.29, 0.717) is 10.8 Å². The van der Waals surface area contributed by atoms with Crippen LogP contribution in [-0.4, -0.2) is 17.0 Å². The molecular formula is C11H13NOS. The predicted octanol–water partition coefficient (Wildman–Crippen LogP) is 2.42. The highest BCUT2D eigenvalue weighted by Crippen LogP contribution is 2.27. The second-order valence-corrected chi connectivity index (χ2v) is 4.53. The molecule has 14 heavy (non-hydrogen) atoms. The van der Waals surface area contributed by atoms with E-state index >= 15 is 0 Å². The summed E-state index contributed by atoms with van der Waals surface area (Å²) < 4.78 is 0. The summed E-state index contributed by atoms with van der Waals surface area (Å²) >= 11 is 1.64. The molecule has 0 aliphatic rings. The molecule has 0 aliphatic carbocycles. The highest BCUT2D eigenvalue weighted by molar-refractivity contribution is 8.00. The molecule has 3 heteroatoms. The van der Waals surface area contributed by atoms with E-state index in [-0.39, 0.29) is 6.61 Å². The number of nitriles is 1. The number of rotatable bonds is 4. The summed E-state index contributed by atoms with van der Waals surface area (Å²) in [6.45, 7) is 2.25. The maximum atomic E-state index is 8.85. The lowest BCUT2D eigenvalue weighted by atomic mass is 10.2. The van der Waals surface area contributed by atoms with Crippen molar-refractivity contribution < 1.29 is 5.11 Å². The molecule has 1 rings (SSSR count). The number of hydrogen-bond acceptors (Lipinski definition) is 3. The van der Waals surface area contributed by atoms with Gasteiger partial charge in [-0.1, -0.05) is 19.1 Å². The molecule has 2 nitrogen and oxygen atoms in total. The van der Waals surface area contributed by atoms with Crippen LogP contribution in [0, 0.1) is 11.3 Å². The minimum absolute atomic E-state index is 0.197. The van der Waals surface area contributed by atoms with Crippen LogP contribution in [0.4, 0.5) is 0 Å². The molecule has 0 fully saturated rings. The van der Waals surface area contributed by atoms with Gasteiger partial charge in [0.05, 0.1) is 5.56 Å². The Morgan fingerprint density at radius 2 is 2.21 bits per heavy atom. The third-order valence-corrected chi connectivity index (χ3v) is 3.12. The highest BCUT2D eigenvalue weighted by Gasteiger charge is 2.06. The van der Waals surface area contributed by atoms with E-state index in [1.165, 1.54) is 0 Å². The third kappa shape index (κ3) is 3.06. The average molecular weight is 207 g/mol. The Bertz CT molecular complexity index is 332. The Morgan fingerprint density at radius 1 is 1.50 bits per heavy atom. The number of thioether (sulfide) groups is 1. The molecule has 1 atom stereocenters. The lowest BCUT2D eigenvalue weighted by Crippen LogP contribution is -1.99. The molecule has 0 saturated heterocycles. The Kier molecular flexibility index (Phi) is 4.51. The minimum Gasteiger partial charge on any atom is -0.396 e. The number of hydrogen-bond donors (Lipinski definition) is 1. The predicted molar refractivity (Wildman–Crippen MR) is 58.2 cm³/mol. The van der Waals surface area contributed by atoms with Crippen molar-refractivity contribution in [2.24, 2.45) is 0 Å². The molecule has 0 radical (unpaired) electrons. The van der Waals surface area contributed by atoms with Crippen LogP contribution < -0.4 is 0 Å².